The molecule has 1 rings (SSSR count). The molecule has 0 spiro atoms. The topological polar surface area (TPSA) is 96.0 Å². The standard InChI is InChI=1S/C12H20O7S/c1-5-11(2,3)10(14)17-6-9(13)19-12(4)7-18-20(15,16)8-12/h5-8H2,1-4H3. The van der Waals surface area contributed by atoms with Crippen molar-refractivity contribution in [2.75, 3.05) is 19.0 Å². The SMILES string of the molecule is CCC(C)(C)C(=O)OCC(=O)OC1(C)COS(=O)(=O)C1. The van der Waals surface area contributed by atoms with Gasteiger partial charge in [-0.25, -0.2) is 4.79 Å². The van der Waals surface area contributed by atoms with Gasteiger partial charge >= 0.3 is 11.9 Å². The lowest BCUT2D eigenvalue weighted by atomic mass is 9.91. The first kappa shape index (κ1) is 16.9. The summed E-state index contributed by atoms with van der Waals surface area (Å²) >= 11 is 0. The molecular formula is C12H20O7S. The molecule has 0 aromatic carbocycles. The first-order valence-corrected chi connectivity index (χ1v) is 7.84. The highest BCUT2D eigenvalue weighted by Gasteiger charge is 2.43. The van der Waals surface area contributed by atoms with Crippen molar-refractivity contribution in [3.8, 4) is 0 Å². The van der Waals surface area contributed by atoms with Gasteiger partial charge in [-0.05, 0) is 27.2 Å². The number of hydrogen-bond acceptors (Lipinski definition) is 7. The van der Waals surface area contributed by atoms with Gasteiger partial charge in [0.05, 0.1) is 5.41 Å². The van der Waals surface area contributed by atoms with E-state index in [1.165, 1.54) is 6.92 Å². The molecule has 0 aromatic rings. The molecule has 1 saturated heterocycles. The van der Waals surface area contributed by atoms with Gasteiger partial charge in [0, 0.05) is 0 Å². The van der Waals surface area contributed by atoms with E-state index in [9.17, 15) is 18.0 Å². The predicted molar refractivity (Wildman–Crippen MR) is 69.3 cm³/mol. The van der Waals surface area contributed by atoms with Crippen LogP contribution in [0.5, 0.6) is 0 Å². The van der Waals surface area contributed by atoms with E-state index < -0.39 is 45.4 Å². The molecule has 1 fully saturated rings. The van der Waals surface area contributed by atoms with Crippen LogP contribution in [-0.2, 0) is 33.4 Å². The Balaban J connectivity index is 2.48. The fourth-order valence-corrected chi connectivity index (χ4v) is 2.90. The largest absolute Gasteiger partial charge is 0.453 e. The number of ether oxygens (including phenoxy) is 2. The van der Waals surface area contributed by atoms with Gasteiger partial charge < -0.3 is 9.47 Å². The molecule has 7 nitrogen and oxygen atoms in total. The van der Waals surface area contributed by atoms with Crippen LogP contribution in [0, 0.1) is 5.41 Å². The summed E-state index contributed by atoms with van der Waals surface area (Å²) in [6.07, 6.45) is 0.574. The molecule has 116 valence electrons. The number of carbonyl (C=O) groups is 2. The molecule has 0 radical (unpaired) electrons. The Hall–Kier alpha value is -1.15. The normalized spacial score (nSPS) is 25.2. The highest BCUT2D eigenvalue weighted by molar-refractivity contribution is 7.87. The Bertz CT molecular complexity index is 494. The van der Waals surface area contributed by atoms with Crippen molar-refractivity contribution in [3.05, 3.63) is 0 Å². The molecule has 0 N–H and O–H groups in total. The first-order chi connectivity index (χ1) is 9.00. The first-order valence-electron chi connectivity index (χ1n) is 6.26. The van der Waals surface area contributed by atoms with Crippen molar-refractivity contribution < 1.29 is 31.7 Å². The number of carbonyl (C=O) groups excluding carboxylic acids is 2. The molecule has 1 atom stereocenters. The van der Waals surface area contributed by atoms with Crippen LogP contribution in [0.4, 0.5) is 0 Å². The molecular weight excluding hydrogens is 288 g/mol. The third-order valence-electron chi connectivity index (χ3n) is 3.14. The molecule has 0 amide bonds. The minimum absolute atomic E-state index is 0.227. The minimum atomic E-state index is -3.64. The fraction of sp³-hybridized carbons (Fsp3) is 0.833. The second-order valence-corrected chi connectivity index (χ2v) is 7.34. The van der Waals surface area contributed by atoms with Crippen LogP contribution < -0.4 is 0 Å². The third-order valence-corrected chi connectivity index (χ3v) is 4.58. The van der Waals surface area contributed by atoms with E-state index in [0.29, 0.717) is 6.42 Å². The highest BCUT2D eigenvalue weighted by Crippen LogP contribution is 2.24. The number of esters is 2. The van der Waals surface area contributed by atoms with Crippen LogP contribution in [0.25, 0.3) is 0 Å². The predicted octanol–water partition coefficient (Wildman–Crippen LogP) is 0.628. The summed E-state index contributed by atoms with van der Waals surface area (Å²) in [6, 6.07) is 0. The second kappa shape index (κ2) is 5.69. The quantitative estimate of drug-likeness (QED) is 0.543. The van der Waals surface area contributed by atoms with Gasteiger partial charge in [0.25, 0.3) is 10.1 Å². The molecule has 20 heavy (non-hydrogen) atoms. The van der Waals surface area contributed by atoms with E-state index in [1.807, 2.05) is 6.92 Å². The Morgan fingerprint density at radius 3 is 2.40 bits per heavy atom. The number of rotatable bonds is 5. The van der Waals surface area contributed by atoms with E-state index in [2.05, 4.69) is 4.18 Å². The molecule has 8 heteroatoms. The molecule has 1 aliphatic heterocycles. The summed E-state index contributed by atoms with van der Waals surface area (Å²) < 4.78 is 36.7. The highest BCUT2D eigenvalue weighted by atomic mass is 32.2. The average molecular weight is 308 g/mol. The zero-order valence-electron chi connectivity index (χ0n) is 12.1. The summed E-state index contributed by atoms with van der Waals surface area (Å²) in [4.78, 5) is 23.3. The van der Waals surface area contributed by atoms with Gasteiger partial charge in [-0.2, -0.15) is 8.42 Å². The molecule has 1 aliphatic rings. The second-order valence-electron chi connectivity index (χ2n) is 5.70. The minimum Gasteiger partial charge on any atom is -0.453 e. The van der Waals surface area contributed by atoms with Crippen molar-refractivity contribution in [2.24, 2.45) is 5.41 Å². The van der Waals surface area contributed by atoms with Gasteiger partial charge in [0.2, 0.25) is 0 Å². The number of hydrogen-bond donors (Lipinski definition) is 0. The van der Waals surface area contributed by atoms with Crippen molar-refractivity contribution >= 4 is 22.1 Å². The van der Waals surface area contributed by atoms with Crippen LogP contribution in [0.2, 0.25) is 0 Å². The Morgan fingerprint density at radius 1 is 1.35 bits per heavy atom. The Kier molecular flexibility index (Phi) is 4.81. The summed E-state index contributed by atoms with van der Waals surface area (Å²) in [6.45, 7) is 5.93. The van der Waals surface area contributed by atoms with Crippen LogP contribution in [0.15, 0.2) is 0 Å². The molecule has 0 bridgehead atoms. The maximum absolute atomic E-state index is 11.7. The van der Waals surface area contributed by atoms with E-state index in [1.54, 1.807) is 13.8 Å². The summed E-state index contributed by atoms with van der Waals surface area (Å²) in [5.74, 6) is -1.70. The smallest absolute Gasteiger partial charge is 0.344 e. The summed E-state index contributed by atoms with van der Waals surface area (Å²) in [7, 11) is -3.64. The average Bonchev–Trinajstić information content (AvgIpc) is 2.60. The van der Waals surface area contributed by atoms with Crippen molar-refractivity contribution in [1.82, 2.24) is 0 Å². The Morgan fingerprint density at radius 2 is 1.95 bits per heavy atom. The lowest BCUT2D eigenvalue weighted by Gasteiger charge is -2.22. The molecule has 0 aromatic heterocycles. The van der Waals surface area contributed by atoms with Crippen LogP contribution in [-0.4, -0.2) is 44.9 Å². The summed E-state index contributed by atoms with van der Waals surface area (Å²) in [5, 5.41) is 0. The van der Waals surface area contributed by atoms with Crippen molar-refractivity contribution in [3.63, 3.8) is 0 Å². The molecule has 1 unspecified atom stereocenters. The molecule has 0 saturated carbocycles. The maximum Gasteiger partial charge on any atom is 0.344 e. The maximum atomic E-state index is 11.7. The fourth-order valence-electron chi connectivity index (χ4n) is 1.50. The molecule has 0 aliphatic carbocycles. The van der Waals surface area contributed by atoms with E-state index in [4.69, 9.17) is 9.47 Å². The van der Waals surface area contributed by atoms with Crippen molar-refractivity contribution in [1.29, 1.82) is 0 Å². The molecule has 1 heterocycles. The van der Waals surface area contributed by atoms with E-state index >= 15 is 0 Å². The van der Waals surface area contributed by atoms with Gasteiger partial charge in [0.15, 0.2) is 12.2 Å². The monoisotopic (exact) mass is 308 g/mol. The van der Waals surface area contributed by atoms with Crippen molar-refractivity contribution in [2.45, 2.75) is 39.7 Å². The van der Waals surface area contributed by atoms with Gasteiger partial charge in [0.1, 0.15) is 12.4 Å². The van der Waals surface area contributed by atoms with Crippen LogP contribution in [0.1, 0.15) is 34.1 Å². The zero-order valence-corrected chi connectivity index (χ0v) is 12.9. The van der Waals surface area contributed by atoms with Gasteiger partial charge in [-0.3, -0.25) is 8.98 Å². The van der Waals surface area contributed by atoms with Crippen LogP contribution in [0.3, 0.4) is 0 Å². The third kappa shape index (κ3) is 4.45. The van der Waals surface area contributed by atoms with Gasteiger partial charge in [-0.15, -0.1) is 0 Å². The lowest BCUT2D eigenvalue weighted by molar-refractivity contribution is -0.171. The van der Waals surface area contributed by atoms with E-state index in [0.717, 1.165) is 0 Å². The Labute approximate surface area is 118 Å². The summed E-state index contributed by atoms with van der Waals surface area (Å²) in [5.41, 5.74) is -1.91. The lowest BCUT2D eigenvalue weighted by Crippen LogP contribution is -2.38. The zero-order chi connectivity index (χ0) is 15.6. The van der Waals surface area contributed by atoms with E-state index in [-0.39, 0.29) is 6.61 Å². The van der Waals surface area contributed by atoms with Crippen LogP contribution >= 0.6 is 0 Å². The van der Waals surface area contributed by atoms with Gasteiger partial charge in [-0.1, -0.05) is 6.92 Å².